The molecule has 0 saturated carbocycles. The zero-order valence-electron chi connectivity index (χ0n) is 20.3. The van der Waals surface area contributed by atoms with E-state index in [9.17, 15) is 27.9 Å². The van der Waals surface area contributed by atoms with Crippen LogP contribution >= 0.6 is 11.6 Å². The van der Waals surface area contributed by atoms with Crippen LogP contribution in [0.4, 0.5) is 18.9 Å². The Morgan fingerprint density at radius 3 is 2.16 bits per heavy atom. The number of hydrogen-bond acceptors (Lipinski definition) is 6. The quantitative estimate of drug-likeness (QED) is 0.231. The normalized spacial score (nSPS) is 17.0. The molecule has 0 aliphatic carbocycles. The van der Waals surface area contributed by atoms with Crippen molar-refractivity contribution in [2.45, 2.75) is 12.2 Å². The smallest absolute Gasteiger partial charge is 0.416 e. The molecule has 1 N–H and O–H groups in total. The summed E-state index contributed by atoms with van der Waals surface area (Å²) in [4.78, 5) is 27.6. The van der Waals surface area contributed by atoms with Crippen molar-refractivity contribution in [3.8, 4) is 17.2 Å². The maximum absolute atomic E-state index is 13.5. The summed E-state index contributed by atoms with van der Waals surface area (Å²) >= 11 is 6.25. The zero-order valence-corrected chi connectivity index (χ0v) is 21.1. The van der Waals surface area contributed by atoms with Crippen molar-refractivity contribution in [3.63, 3.8) is 0 Å². The number of hydrogen-bond donors (Lipinski definition) is 1. The first-order valence-corrected chi connectivity index (χ1v) is 11.4. The van der Waals surface area contributed by atoms with E-state index < -0.39 is 35.2 Å². The third kappa shape index (κ3) is 4.74. The van der Waals surface area contributed by atoms with Crippen LogP contribution in [0.2, 0.25) is 5.02 Å². The summed E-state index contributed by atoms with van der Waals surface area (Å²) < 4.78 is 56.1. The average molecular weight is 548 g/mol. The standard InChI is InChI=1S/C27H21ClF3NO6/c1-36-17-9-7-14(8-10-17)23-22(24(33)18-12-19(28)21(38-3)13-20(18)37-2)25(34)26(35)32(23)16-6-4-5-15(11-16)27(29,30)31/h4-13,23,33H,1-3H3/b24-22+. The van der Waals surface area contributed by atoms with E-state index in [1.807, 2.05) is 0 Å². The lowest BCUT2D eigenvalue weighted by atomic mass is 9.94. The van der Waals surface area contributed by atoms with E-state index in [0.717, 1.165) is 23.1 Å². The number of aliphatic hydroxyl groups is 1. The third-order valence-corrected chi connectivity index (χ3v) is 6.35. The van der Waals surface area contributed by atoms with E-state index in [0.29, 0.717) is 11.3 Å². The Balaban J connectivity index is 1.99. The zero-order chi connectivity index (χ0) is 27.8. The van der Waals surface area contributed by atoms with Gasteiger partial charge in [0.2, 0.25) is 0 Å². The number of nitrogens with zero attached hydrogens (tertiary/aromatic N) is 1. The lowest BCUT2D eigenvalue weighted by Crippen LogP contribution is -2.29. The number of Topliss-reactive ketones (excluding diaryl/α,β-unsaturated/α-hetero) is 1. The molecule has 1 aliphatic rings. The number of alkyl halides is 3. The summed E-state index contributed by atoms with van der Waals surface area (Å²) in [5.74, 6) is -2.06. The molecule has 3 aromatic carbocycles. The van der Waals surface area contributed by atoms with Gasteiger partial charge in [0.15, 0.2) is 0 Å². The van der Waals surface area contributed by atoms with E-state index in [-0.39, 0.29) is 33.3 Å². The monoisotopic (exact) mass is 547 g/mol. The van der Waals surface area contributed by atoms with Crippen molar-refractivity contribution in [1.82, 2.24) is 0 Å². The van der Waals surface area contributed by atoms with E-state index in [1.165, 1.54) is 39.5 Å². The Labute approximate surface area is 220 Å². The van der Waals surface area contributed by atoms with Crippen molar-refractivity contribution in [3.05, 3.63) is 87.9 Å². The number of benzene rings is 3. The number of amides is 1. The molecule has 11 heteroatoms. The molecule has 0 bridgehead atoms. The summed E-state index contributed by atoms with van der Waals surface area (Å²) in [6, 6.07) is 11.7. The van der Waals surface area contributed by atoms with Gasteiger partial charge in [0, 0.05) is 11.8 Å². The fourth-order valence-electron chi connectivity index (χ4n) is 4.22. The number of rotatable bonds is 6. The molecule has 1 heterocycles. The summed E-state index contributed by atoms with van der Waals surface area (Å²) in [5.41, 5.74) is -1.23. The topological polar surface area (TPSA) is 85.3 Å². The van der Waals surface area contributed by atoms with Crippen LogP contribution in [0.1, 0.15) is 22.7 Å². The highest BCUT2D eigenvalue weighted by atomic mass is 35.5. The Kier molecular flexibility index (Phi) is 7.28. The molecule has 4 rings (SSSR count). The van der Waals surface area contributed by atoms with Crippen molar-refractivity contribution < 1.29 is 42.1 Å². The van der Waals surface area contributed by atoms with E-state index in [2.05, 4.69) is 0 Å². The summed E-state index contributed by atoms with van der Waals surface area (Å²) in [6.45, 7) is 0. The predicted molar refractivity (Wildman–Crippen MR) is 134 cm³/mol. The molecule has 1 fully saturated rings. The van der Waals surface area contributed by atoms with Gasteiger partial charge in [0.1, 0.15) is 23.0 Å². The van der Waals surface area contributed by atoms with Crippen molar-refractivity contribution in [1.29, 1.82) is 0 Å². The number of carbonyl (C=O) groups excluding carboxylic acids is 2. The van der Waals surface area contributed by atoms with E-state index >= 15 is 0 Å². The lowest BCUT2D eigenvalue weighted by molar-refractivity contribution is -0.137. The van der Waals surface area contributed by atoms with Crippen molar-refractivity contribution >= 4 is 34.7 Å². The Morgan fingerprint density at radius 2 is 1.58 bits per heavy atom. The minimum atomic E-state index is -4.69. The SMILES string of the molecule is COc1ccc(C2/C(=C(\O)c3cc(Cl)c(OC)cc3OC)C(=O)C(=O)N2c2cccc(C(F)(F)F)c2)cc1. The van der Waals surface area contributed by atoms with Gasteiger partial charge >= 0.3 is 6.18 Å². The largest absolute Gasteiger partial charge is 0.507 e. The highest BCUT2D eigenvalue weighted by molar-refractivity contribution is 6.51. The molecule has 198 valence electrons. The van der Waals surface area contributed by atoms with Crippen molar-refractivity contribution in [2.24, 2.45) is 0 Å². The van der Waals surface area contributed by atoms with Crippen LogP contribution in [0.25, 0.3) is 5.76 Å². The first-order chi connectivity index (χ1) is 18.0. The summed E-state index contributed by atoms with van der Waals surface area (Å²) in [7, 11) is 4.15. The first kappa shape index (κ1) is 26.9. The lowest BCUT2D eigenvalue weighted by Gasteiger charge is -2.26. The number of ketones is 1. The van der Waals surface area contributed by atoms with E-state index in [4.69, 9.17) is 25.8 Å². The molecular formula is C27H21ClF3NO6. The molecule has 1 aliphatic heterocycles. The van der Waals surface area contributed by atoms with Gasteiger partial charge < -0.3 is 19.3 Å². The second kappa shape index (κ2) is 10.3. The Hall–Kier alpha value is -4.18. The molecule has 3 aromatic rings. The highest BCUT2D eigenvalue weighted by Crippen LogP contribution is 2.45. The van der Waals surface area contributed by atoms with Gasteiger partial charge in [-0.3, -0.25) is 14.5 Å². The summed E-state index contributed by atoms with van der Waals surface area (Å²) in [6.07, 6.45) is -4.69. The van der Waals surface area contributed by atoms with Crippen LogP contribution in [-0.4, -0.2) is 38.1 Å². The van der Waals surface area contributed by atoms with Gasteiger partial charge in [-0.15, -0.1) is 0 Å². The fourth-order valence-corrected chi connectivity index (χ4v) is 4.46. The van der Waals surface area contributed by atoms with E-state index in [1.54, 1.807) is 24.3 Å². The van der Waals surface area contributed by atoms with Gasteiger partial charge in [-0.05, 0) is 42.0 Å². The number of ether oxygens (including phenoxy) is 3. The van der Waals surface area contributed by atoms with Gasteiger partial charge in [-0.2, -0.15) is 13.2 Å². The number of aliphatic hydroxyl groups excluding tert-OH is 1. The third-order valence-electron chi connectivity index (χ3n) is 6.06. The van der Waals surface area contributed by atoms with Crippen LogP contribution < -0.4 is 19.1 Å². The van der Waals surface area contributed by atoms with Gasteiger partial charge in [0.05, 0.1) is 49.1 Å². The van der Waals surface area contributed by atoms with Crippen LogP contribution in [0.5, 0.6) is 17.2 Å². The number of carbonyl (C=O) groups is 2. The molecule has 0 spiro atoms. The average Bonchev–Trinajstić information content (AvgIpc) is 3.17. The van der Waals surface area contributed by atoms with Crippen LogP contribution in [-0.2, 0) is 15.8 Å². The molecule has 1 saturated heterocycles. The predicted octanol–water partition coefficient (Wildman–Crippen LogP) is 6.01. The Morgan fingerprint density at radius 1 is 0.921 bits per heavy atom. The van der Waals surface area contributed by atoms with Crippen LogP contribution in [0.3, 0.4) is 0 Å². The molecule has 0 radical (unpaired) electrons. The van der Waals surface area contributed by atoms with Gasteiger partial charge in [-0.1, -0.05) is 29.8 Å². The highest BCUT2D eigenvalue weighted by Gasteiger charge is 2.47. The molecule has 7 nitrogen and oxygen atoms in total. The number of methoxy groups -OCH3 is 3. The fraction of sp³-hybridized carbons (Fsp3) is 0.185. The second-order valence-electron chi connectivity index (χ2n) is 8.18. The molecule has 1 amide bonds. The Bertz CT molecular complexity index is 1440. The van der Waals surface area contributed by atoms with Crippen LogP contribution in [0.15, 0.2) is 66.2 Å². The van der Waals surface area contributed by atoms with Crippen molar-refractivity contribution in [2.75, 3.05) is 26.2 Å². The maximum Gasteiger partial charge on any atom is 0.416 e. The molecule has 0 aromatic heterocycles. The molecule has 38 heavy (non-hydrogen) atoms. The molecular weight excluding hydrogens is 527 g/mol. The number of anilines is 1. The first-order valence-electron chi connectivity index (χ1n) is 11.1. The minimum absolute atomic E-state index is 0.0150. The molecule has 1 unspecified atom stereocenters. The second-order valence-corrected chi connectivity index (χ2v) is 8.58. The van der Waals surface area contributed by atoms with Gasteiger partial charge in [-0.25, -0.2) is 0 Å². The molecule has 1 atom stereocenters. The number of halogens is 4. The maximum atomic E-state index is 13.5. The van der Waals surface area contributed by atoms with Gasteiger partial charge in [0.25, 0.3) is 11.7 Å². The minimum Gasteiger partial charge on any atom is -0.507 e. The summed E-state index contributed by atoms with van der Waals surface area (Å²) in [5, 5.41) is 11.5. The van der Waals surface area contributed by atoms with Crippen LogP contribution in [0, 0.1) is 0 Å².